The molecule has 1 aromatic carbocycles. The van der Waals surface area contributed by atoms with Gasteiger partial charge in [0.15, 0.2) is 0 Å². The number of aliphatic hydroxyl groups is 1. The Hall–Kier alpha value is -1.06. The minimum absolute atomic E-state index is 0.189. The summed E-state index contributed by atoms with van der Waals surface area (Å²) in [6, 6.07) is 6.29. The van der Waals surface area contributed by atoms with Crippen molar-refractivity contribution in [3.8, 4) is 5.75 Å². The topological polar surface area (TPSA) is 41.5 Å². The van der Waals surface area contributed by atoms with Crippen LogP contribution in [-0.2, 0) is 13.0 Å². The van der Waals surface area contributed by atoms with Crippen molar-refractivity contribution in [3.05, 3.63) is 29.3 Å². The lowest BCUT2D eigenvalue weighted by molar-refractivity contribution is 0.235. The predicted octanol–water partition coefficient (Wildman–Crippen LogP) is 0.702. The summed E-state index contributed by atoms with van der Waals surface area (Å²) in [6.45, 7) is 1.03. The second kappa shape index (κ2) is 3.98. The summed E-state index contributed by atoms with van der Waals surface area (Å²) in [4.78, 5) is 0. The molecule has 0 aromatic heterocycles. The lowest BCUT2D eigenvalue weighted by atomic mass is 9.96. The van der Waals surface area contributed by atoms with Crippen LogP contribution in [-0.4, -0.2) is 24.9 Å². The molecule has 0 aliphatic carbocycles. The summed E-state index contributed by atoms with van der Waals surface area (Å²) in [6.07, 6.45) is 0.878. The van der Waals surface area contributed by atoms with Gasteiger partial charge in [-0.25, -0.2) is 0 Å². The Labute approximate surface area is 83.7 Å². The highest BCUT2D eigenvalue weighted by Gasteiger charge is 2.17. The number of ether oxygens (including phenoxy) is 1. The molecule has 2 rings (SSSR count). The molecule has 0 fully saturated rings. The van der Waals surface area contributed by atoms with Crippen LogP contribution < -0.4 is 10.1 Å². The number of hydrogen-bond donors (Lipinski definition) is 2. The normalized spacial score (nSPS) is 20.3. The van der Waals surface area contributed by atoms with Gasteiger partial charge in [0.25, 0.3) is 0 Å². The van der Waals surface area contributed by atoms with E-state index in [1.807, 2.05) is 6.07 Å². The van der Waals surface area contributed by atoms with E-state index in [2.05, 4.69) is 17.4 Å². The summed E-state index contributed by atoms with van der Waals surface area (Å²) >= 11 is 0. The lowest BCUT2D eigenvalue weighted by Gasteiger charge is -2.24. The van der Waals surface area contributed by atoms with Crippen molar-refractivity contribution in [2.75, 3.05) is 13.7 Å². The molecule has 3 heteroatoms. The molecule has 14 heavy (non-hydrogen) atoms. The quantitative estimate of drug-likeness (QED) is 0.726. The molecule has 2 N–H and O–H groups in total. The van der Waals surface area contributed by atoms with Gasteiger partial charge in [-0.3, -0.25) is 0 Å². The smallest absolute Gasteiger partial charge is 0.119 e. The Morgan fingerprint density at radius 3 is 3.07 bits per heavy atom. The summed E-state index contributed by atoms with van der Waals surface area (Å²) in [5.41, 5.74) is 2.58. The van der Waals surface area contributed by atoms with Crippen molar-refractivity contribution in [1.82, 2.24) is 5.32 Å². The van der Waals surface area contributed by atoms with Crippen molar-refractivity contribution >= 4 is 0 Å². The first-order chi connectivity index (χ1) is 6.83. The molecule has 3 nitrogen and oxygen atoms in total. The second-order valence-corrected chi connectivity index (χ2v) is 3.60. The van der Waals surface area contributed by atoms with Crippen molar-refractivity contribution in [1.29, 1.82) is 0 Å². The molecule has 0 bridgehead atoms. The van der Waals surface area contributed by atoms with E-state index in [0.29, 0.717) is 0 Å². The standard InChI is InChI=1S/C11H15NO2/c1-14-11-3-2-8-6-12-10(7-13)4-9(8)5-11/h2-3,5,10,12-13H,4,6-7H2,1H3/t10-/m0/s1. The maximum absolute atomic E-state index is 9.05. The van der Waals surface area contributed by atoms with Gasteiger partial charge < -0.3 is 15.2 Å². The third-order valence-corrected chi connectivity index (χ3v) is 2.68. The van der Waals surface area contributed by atoms with Gasteiger partial charge in [0.1, 0.15) is 5.75 Å². The van der Waals surface area contributed by atoms with Crippen LogP contribution in [0.5, 0.6) is 5.75 Å². The summed E-state index contributed by atoms with van der Waals surface area (Å²) in [7, 11) is 1.67. The van der Waals surface area contributed by atoms with Gasteiger partial charge >= 0.3 is 0 Å². The van der Waals surface area contributed by atoms with Crippen molar-refractivity contribution in [2.45, 2.75) is 19.0 Å². The fourth-order valence-electron chi connectivity index (χ4n) is 1.81. The average Bonchev–Trinajstić information content (AvgIpc) is 2.27. The zero-order valence-corrected chi connectivity index (χ0v) is 8.29. The minimum atomic E-state index is 0.189. The lowest BCUT2D eigenvalue weighted by Crippen LogP contribution is -2.38. The van der Waals surface area contributed by atoms with Crippen LogP contribution in [0.4, 0.5) is 0 Å². The highest BCUT2D eigenvalue weighted by molar-refractivity contribution is 5.37. The van der Waals surface area contributed by atoms with Crippen LogP contribution >= 0.6 is 0 Å². The summed E-state index contributed by atoms with van der Waals surface area (Å²) < 4.78 is 5.17. The Balaban J connectivity index is 2.25. The van der Waals surface area contributed by atoms with Crippen LogP contribution in [0, 0.1) is 0 Å². The molecule has 0 spiro atoms. The van der Waals surface area contributed by atoms with E-state index in [4.69, 9.17) is 9.84 Å². The molecular formula is C11H15NO2. The number of nitrogens with one attached hydrogen (secondary N) is 1. The van der Waals surface area contributed by atoms with E-state index in [0.717, 1.165) is 18.7 Å². The number of aliphatic hydroxyl groups excluding tert-OH is 1. The molecule has 0 amide bonds. The molecule has 0 saturated carbocycles. The molecule has 1 aliphatic heterocycles. The molecular weight excluding hydrogens is 178 g/mol. The zero-order valence-electron chi connectivity index (χ0n) is 8.29. The molecule has 1 aromatic rings. The van der Waals surface area contributed by atoms with E-state index in [9.17, 15) is 0 Å². The molecule has 0 unspecified atom stereocenters. The van der Waals surface area contributed by atoms with E-state index in [-0.39, 0.29) is 12.6 Å². The third-order valence-electron chi connectivity index (χ3n) is 2.68. The SMILES string of the molecule is COc1ccc2c(c1)C[C@@H](CO)NC2. The van der Waals surface area contributed by atoms with Crippen molar-refractivity contribution in [3.63, 3.8) is 0 Å². The van der Waals surface area contributed by atoms with Gasteiger partial charge in [-0.05, 0) is 29.7 Å². The van der Waals surface area contributed by atoms with Crippen molar-refractivity contribution in [2.24, 2.45) is 0 Å². The van der Waals surface area contributed by atoms with E-state index in [1.165, 1.54) is 11.1 Å². The van der Waals surface area contributed by atoms with Gasteiger partial charge in [-0.2, -0.15) is 0 Å². The van der Waals surface area contributed by atoms with E-state index >= 15 is 0 Å². The second-order valence-electron chi connectivity index (χ2n) is 3.60. The van der Waals surface area contributed by atoms with Crippen molar-refractivity contribution < 1.29 is 9.84 Å². The Morgan fingerprint density at radius 1 is 1.50 bits per heavy atom. The van der Waals surface area contributed by atoms with E-state index < -0.39 is 0 Å². The van der Waals surface area contributed by atoms with Crippen LogP contribution in [0.25, 0.3) is 0 Å². The summed E-state index contributed by atoms with van der Waals surface area (Å²) in [5, 5.41) is 12.3. The monoisotopic (exact) mass is 193 g/mol. The van der Waals surface area contributed by atoms with Crippen LogP contribution in [0.3, 0.4) is 0 Å². The van der Waals surface area contributed by atoms with Gasteiger partial charge in [-0.15, -0.1) is 0 Å². The molecule has 76 valence electrons. The van der Waals surface area contributed by atoms with Gasteiger partial charge in [0.2, 0.25) is 0 Å². The molecule has 0 radical (unpaired) electrons. The maximum Gasteiger partial charge on any atom is 0.119 e. The summed E-state index contributed by atoms with van der Waals surface area (Å²) in [5.74, 6) is 0.891. The number of benzene rings is 1. The van der Waals surface area contributed by atoms with Gasteiger partial charge in [0.05, 0.1) is 13.7 Å². The molecule has 0 saturated heterocycles. The fraction of sp³-hybridized carbons (Fsp3) is 0.455. The fourth-order valence-corrected chi connectivity index (χ4v) is 1.81. The molecule has 1 heterocycles. The van der Waals surface area contributed by atoms with Crippen LogP contribution in [0.2, 0.25) is 0 Å². The minimum Gasteiger partial charge on any atom is -0.497 e. The molecule has 1 aliphatic rings. The number of methoxy groups -OCH3 is 1. The largest absolute Gasteiger partial charge is 0.497 e. The Morgan fingerprint density at radius 2 is 2.36 bits per heavy atom. The Bertz CT molecular complexity index is 325. The first-order valence-corrected chi connectivity index (χ1v) is 4.83. The third kappa shape index (κ3) is 1.74. The van der Waals surface area contributed by atoms with Gasteiger partial charge in [0, 0.05) is 12.6 Å². The number of rotatable bonds is 2. The number of hydrogen-bond acceptors (Lipinski definition) is 3. The average molecular weight is 193 g/mol. The van der Waals surface area contributed by atoms with E-state index in [1.54, 1.807) is 7.11 Å². The molecule has 1 atom stereocenters. The highest BCUT2D eigenvalue weighted by atomic mass is 16.5. The zero-order chi connectivity index (χ0) is 9.97. The maximum atomic E-state index is 9.05. The van der Waals surface area contributed by atoms with Crippen LogP contribution in [0.1, 0.15) is 11.1 Å². The first-order valence-electron chi connectivity index (χ1n) is 4.83. The Kier molecular flexibility index (Phi) is 2.70. The van der Waals surface area contributed by atoms with Gasteiger partial charge in [-0.1, -0.05) is 6.07 Å². The predicted molar refractivity (Wildman–Crippen MR) is 54.4 cm³/mol. The number of fused-ring (bicyclic) bond motifs is 1. The highest BCUT2D eigenvalue weighted by Crippen LogP contribution is 2.22. The first kappa shape index (κ1) is 9.49. The van der Waals surface area contributed by atoms with Crippen LogP contribution in [0.15, 0.2) is 18.2 Å².